The van der Waals surface area contributed by atoms with Crippen molar-refractivity contribution in [2.75, 3.05) is 6.61 Å². The van der Waals surface area contributed by atoms with E-state index in [0.717, 1.165) is 52.6 Å². The smallest absolute Gasteiger partial charge is 0.315 e. The van der Waals surface area contributed by atoms with Gasteiger partial charge < -0.3 is 84.0 Å². The predicted octanol–water partition coefficient (Wildman–Crippen LogP) is 15.6. The van der Waals surface area contributed by atoms with E-state index in [-0.39, 0.29) is 41.9 Å². The maximum atomic E-state index is 9.93. The molecule has 1 aliphatic heterocycles. The van der Waals surface area contributed by atoms with E-state index in [1.807, 2.05) is 26.2 Å². The first kappa shape index (κ1) is 149. The van der Waals surface area contributed by atoms with Crippen LogP contribution in [0.3, 0.4) is 0 Å². The molecule has 1 fully saturated rings. The van der Waals surface area contributed by atoms with Gasteiger partial charge in [0.1, 0.15) is 59.3 Å². The second-order valence-electron chi connectivity index (χ2n) is 47.0. The van der Waals surface area contributed by atoms with Crippen LogP contribution in [-0.2, 0) is 74.4 Å². The predicted molar refractivity (Wildman–Crippen MR) is 685 cm³/mol. The highest BCUT2D eigenvalue weighted by molar-refractivity contribution is 6.92. The van der Waals surface area contributed by atoms with Gasteiger partial charge in [0, 0.05) is 9.46 Å². The Bertz CT molecular complexity index is 2760. The first-order chi connectivity index (χ1) is 58.3. The molecule has 8 atom stereocenters. The molecule has 130 heavy (non-hydrogen) atoms. The molecule has 2 N–H and O–H groups in total. The van der Waals surface area contributed by atoms with E-state index in [1.165, 1.54) is 76.1 Å². The van der Waals surface area contributed by atoms with E-state index in [1.54, 1.807) is 0 Å². The Morgan fingerprint density at radius 3 is 1.08 bits per heavy atom. The third-order valence-electron chi connectivity index (χ3n) is 19.9. The Balaban J connectivity index is -0.000000189. The Morgan fingerprint density at radius 2 is 0.746 bits per heavy atom. The normalized spacial score (nSPS) is 17.3. The van der Waals surface area contributed by atoms with Crippen molar-refractivity contribution in [1.82, 2.24) is 0 Å². The molecule has 0 radical (unpaired) electrons. The Kier molecular flexibility index (Phi) is 88.1. The van der Waals surface area contributed by atoms with E-state index in [2.05, 4.69) is 329 Å². The van der Waals surface area contributed by atoms with Crippen LogP contribution in [0.15, 0.2) is 24.3 Å². The zero-order valence-electron chi connectivity index (χ0n) is 96.5. The monoisotopic (exact) mass is 2430 g/mol. The minimum Gasteiger partial charge on any atom is -0.464 e. The zero-order chi connectivity index (χ0) is 104. The molecule has 0 aromatic rings. The quantitative estimate of drug-likeness (QED) is 0.0429. The van der Waals surface area contributed by atoms with Gasteiger partial charge in [0.25, 0.3) is 0 Å². The molecule has 0 saturated carbocycles. The van der Waals surface area contributed by atoms with Crippen molar-refractivity contribution in [3.05, 3.63) is 24.3 Å². The maximum absolute atomic E-state index is 9.93. The van der Waals surface area contributed by atoms with Crippen LogP contribution in [0, 0.1) is 5.92 Å². The summed E-state index contributed by atoms with van der Waals surface area (Å²) in [6.45, 7) is 126. The summed E-state index contributed by atoms with van der Waals surface area (Å²) >= 11 is 0. The molecule has 1 heterocycles. The van der Waals surface area contributed by atoms with Crippen LogP contribution in [0.25, 0.3) is 0 Å². The molecule has 0 spiro atoms. The molecule has 0 bridgehead atoms. The first-order valence-corrected chi connectivity index (χ1v) is 140. The van der Waals surface area contributed by atoms with Crippen molar-refractivity contribution in [3.8, 4) is 0 Å². The molecule has 794 valence electrons. The van der Waals surface area contributed by atoms with Crippen molar-refractivity contribution in [1.29, 1.82) is 0 Å². The van der Waals surface area contributed by atoms with Gasteiger partial charge in [-0.15, -0.1) is 6.58 Å². The second-order valence-corrected chi connectivity index (χ2v) is 159. The molecular weight excluding hydrogens is 2200 g/mol. The topological polar surface area (TPSA) is 207 Å². The average Bonchev–Trinajstić information content (AvgIpc) is 0.813. The molecule has 20 nitrogen and oxygen atoms in total. The van der Waals surface area contributed by atoms with Crippen LogP contribution in [0.1, 0.15) is 36.5 Å². The lowest BCUT2D eigenvalue weighted by molar-refractivity contribution is 0.271. The molecule has 1 saturated heterocycles. The molecule has 55 heteroatoms. The highest BCUT2D eigenvalue weighted by atomic mass is 28.5. The lowest BCUT2D eigenvalue weighted by Gasteiger charge is -2.41. The van der Waals surface area contributed by atoms with Crippen LogP contribution >= 0.6 is 0 Å². The average molecular weight is 2440 g/mol. The fraction of sp³-hybridized carbons (Fsp3) is 0.947. The van der Waals surface area contributed by atoms with Crippen molar-refractivity contribution in [3.63, 3.8) is 0 Å². The fourth-order valence-corrected chi connectivity index (χ4v) is 135. The minimum absolute atomic E-state index is 0. The van der Waals surface area contributed by atoms with Crippen molar-refractivity contribution >= 4 is 314 Å². The summed E-state index contributed by atoms with van der Waals surface area (Å²) < 4.78 is 110. The van der Waals surface area contributed by atoms with Crippen LogP contribution in [-0.4, -0.2) is 330 Å². The van der Waals surface area contributed by atoms with E-state index >= 15 is 0 Å². The maximum Gasteiger partial charge on any atom is 0.315 e. The van der Waals surface area contributed by atoms with Crippen LogP contribution in [0.2, 0.25) is 408 Å². The molecule has 1 rings (SSSR count). The van der Waals surface area contributed by atoms with Gasteiger partial charge in [0.05, 0.1) is 0 Å². The molecule has 0 aromatic heterocycles. The van der Waals surface area contributed by atoms with Crippen LogP contribution < -0.4 is 0 Å². The third-order valence-corrected chi connectivity index (χ3v) is 146. The Morgan fingerprint density at radius 1 is 0.408 bits per heavy atom. The number of rotatable bonds is 60. The highest BCUT2D eigenvalue weighted by Crippen LogP contribution is 2.31. The summed E-state index contributed by atoms with van der Waals surface area (Å²) in [6.07, 6.45) is 2.68. The Hall–Kier alpha value is 6.27. The first-order valence-electron chi connectivity index (χ1n) is 50.7. The van der Waals surface area contributed by atoms with E-state index < -0.39 is 264 Å². The van der Waals surface area contributed by atoms with Gasteiger partial charge >= 0.3 is 17.1 Å². The minimum atomic E-state index is -2.24. The molecule has 0 aliphatic carbocycles. The standard InChI is InChI=1S/C14H42O4Si6.C12H36O3Si6.C11H30O2Si4.C10H26O2Si3.C9H30O3Si5.C7H24O2Si4.C6H22O2Si4.C6H20O2Si3.2H2/c1-19(2)15-20(3)13-14-24(12,17-22(7,8)9)18-23(10,11)16-21(4,5)6;1-12(2)9-16-14-21(7,8)11-18-15-20(5,6)10-17-13-19(3)4;1-10(2)11(3)8-14-13-17(6,7)9-15-12-16(4)5;1-13(2)12-14(3)8-10-15(4)9-6-5-7-11-15;1-14(2)11-13-8-17(6,7)12-15(3)9-16(4,5)10;1-10-8-13(5,6)7-12(4)9-11(2)3;1-10(2)8-11(3)6-12(4,5)7-9;1-9(2)8-10(3)6-11(4,5)7;;/h19-20H,13-14H2,1-12H3;19H,1,9-11,16-18H2,2-8H3;10,16H,3,8-9,14-15H2,1-2,4-7H3;13-14H,5-10H2,1-4H3;10,14-15H,8-9,13H2,1-7H3;11-12H,7,10H2,1-6H3;10-11H,6H2,1-5,9H3;7,9-10H,6H2,1-5H3;2*1H. The van der Waals surface area contributed by atoms with Crippen molar-refractivity contribution in [2.45, 2.75) is 442 Å². The lowest BCUT2D eigenvalue weighted by atomic mass is 10.1. The third kappa shape index (κ3) is 113. The summed E-state index contributed by atoms with van der Waals surface area (Å²) in [5, 5.41) is 0. The summed E-state index contributed by atoms with van der Waals surface area (Å²) in [5.74, 6) is 0.612. The van der Waals surface area contributed by atoms with Gasteiger partial charge in [-0.2, -0.15) is 0 Å². The van der Waals surface area contributed by atoms with E-state index in [0.29, 0.717) is 5.92 Å². The molecule has 0 amide bonds. The number of hydrogen-bond acceptors (Lipinski definition) is 20. The van der Waals surface area contributed by atoms with Crippen molar-refractivity contribution < 1.29 is 86.8 Å². The van der Waals surface area contributed by atoms with Crippen molar-refractivity contribution in [2.24, 2.45) is 5.92 Å². The van der Waals surface area contributed by atoms with Gasteiger partial charge in [0.2, 0.25) is 0 Å². The number of hydrogen-bond donors (Lipinski definition) is 2. The van der Waals surface area contributed by atoms with Crippen LogP contribution in [0.5, 0.6) is 0 Å². The van der Waals surface area contributed by atoms with Gasteiger partial charge in [-0.25, -0.2) is 0 Å². The zero-order valence-corrected chi connectivity index (χ0v) is 138. The summed E-state index contributed by atoms with van der Waals surface area (Å²) in [6, 6.07) is 8.53. The van der Waals surface area contributed by atoms with Gasteiger partial charge in [0.15, 0.2) is 238 Å². The van der Waals surface area contributed by atoms with E-state index in [9.17, 15) is 9.59 Å². The largest absolute Gasteiger partial charge is 0.464 e. The van der Waals surface area contributed by atoms with Crippen LogP contribution in [0.4, 0.5) is 0 Å². The summed E-state index contributed by atoms with van der Waals surface area (Å²) in [5.41, 5.74) is 12.2. The molecule has 0 aromatic carbocycles. The summed E-state index contributed by atoms with van der Waals surface area (Å²) in [4.78, 5) is 19.5. The van der Waals surface area contributed by atoms with Gasteiger partial charge in [-0.1, -0.05) is 44.5 Å². The van der Waals surface area contributed by atoms with E-state index in [4.69, 9.17) is 74.4 Å². The lowest BCUT2D eigenvalue weighted by Crippen LogP contribution is -2.57. The van der Waals surface area contributed by atoms with Gasteiger partial charge in [-0.3, -0.25) is 0 Å². The number of allylic oxidation sites excluding steroid dienone is 2. The fourth-order valence-electron chi connectivity index (χ4n) is 14.4. The Labute approximate surface area is 870 Å². The second kappa shape index (κ2) is 76.7. The van der Waals surface area contributed by atoms with Gasteiger partial charge in [-0.05, 0) is 421 Å². The molecule has 1 aliphatic rings. The summed E-state index contributed by atoms with van der Waals surface area (Å²) in [7, 11) is -35.1. The highest BCUT2D eigenvalue weighted by Gasteiger charge is 2.45. The molecule has 8 unspecified atom stereocenters. The SMILES string of the molecule is C=C(C)C[SiH2]O[Si](C)(C)C[SiH2]O[Si](C)(C)C[SiH2]O[SiH](C)C.C=C(C[SiH2]O[Si](C)(C)C[SiH2]O[SiH](C)C)C(C)C.C[SiH2]O[Si](C)(C)C[SiH](C)O[SiH](C)C.C[SiH](C)O[SiH2]C[Si](C)(C)O[SiH](C)C[Si](C)(C)O.C[SiH](C)O[SiH](C)CC[Si](C)(O[Si](C)(C)C)O[Si](C)(C)O[Si](C)(C)C.C[SiH](C)O[SiH](C)CC[Si]1(C)CCCCO1.C[SiH](C)O[SiH](C)C[Si](C)(C)O.C[SiH](C)O[SiH](C)C[Si](C)(C)O[SiH3].[HH].[HH]. The molecular formula is C75H234O20Si35.